The first kappa shape index (κ1) is 23.9. The highest BCUT2D eigenvalue weighted by molar-refractivity contribution is 6.21. The molecule has 7 aromatic carbocycles. The standard InChI is InChI=1S/C40H25NO2/c1-3-12-26(13-4-1)34-25-35-33-19-11-20-36(40(33)43-39(35)32-18-8-7-16-29(32)34)41(27-14-5-2-6-15-27)28-22-23-31-30-17-9-10-21-37(30)42-38(31)24-28/h1-25H. The topological polar surface area (TPSA) is 29.5 Å². The van der Waals surface area contributed by atoms with Gasteiger partial charge in [0.25, 0.3) is 0 Å². The van der Waals surface area contributed by atoms with E-state index in [0.29, 0.717) is 0 Å². The van der Waals surface area contributed by atoms with E-state index in [9.17, 15) is 0 Å². The van der Waals surface area contributed by atoms with E-state index in [0.717, 1.165) is 66.3 Å². The number of anilines is 3. The van der Waals surface area contributed by atoms with Crippen LogP contribution in [0.1, 0.15) is 0 Å². The molecule has 3 heteroatoms. The second kappa shape index (κ2) is 9.37. The molecule has 0 N–H and O–H groups in total. The maximum Gasteiger partial charge on any atom is 0.159 e. The third-order valence-corrected chi connectivity index (χ3v) is 8.44. The zero-order valence-corrected chi connectivity index (χ0v) is 23.2. The van der Waals surface area contributed by atoms with Gasteiger partial charge in [-0.1, -0.05) is 103 Å². The van der Waals surface area contributed by atoms with Crippen LogP contribution >= 0.6 is 0 Å². The maximum atomic E-state index is 6.88. The van der Waals surface area contributed by atoms with Gasteiger partial charge < -0.3 is 13.7 Å². The minimum absolute atomic E-state index is 0.849. The summed E-state index contributed by atoms with van der Waals surface area (Å²) >= 11 is 0. The van der Waals surface area contributed by atoms with Crippen LogP contribution in [0.4, 0.5) is 17.1 Å². The lowest BCUT2D eigenvalue weighted by molar-refractivity contribution is 0.668. The first-order valence-corrected chi connectivity index (χ1v) is 14.5. The van der Waals surface area contributed by atoms with Crippen LogP contribution in [0.15, 0.2) is 160 Å². The summed E-state index contributed by atoms with van der Waals surface area (Å²) in [4.78, 5) is 2.26. The number of rotatable bonds is 4. The van der Waals surface area contributed by atoms with E-state index in [1.807, 2.05) is 18.2 Å². The third-order valence-electron chi connectivity index (χ3n) is 8.44. The monoisotopic (exact) mass is 551 g/mol. The molecule has 0 bridgehead atoms. The fourth-order valence-electron chi connectivity index (χ4n) is 6.50. The van der Waals surface area contributed by atoms with Gasteiger partial charge in [-0.15, -0.1) is 0 Å². The van der Waals surface area contributed by atoms with Gasteiger partial charge in [0.1, 0.15) is 16.7 Å². The average Bonchev–Trinajstić information content (AvgIpc) is 3.64. The van der Waals surface area contributed by atoms with Gasteiger partial charge in [-0.3, -0.25) is 0 Å². The van der Waals surface area contributed by atoms with E-state index in [1.54, 1.807) is 0 Å². The van der Waals surface area contributed by atoms with E-state index >= 15 is 0 Å². The predicted octanol–water partition coefficient (Wildman–Crippen LogP) is 11.8. The second-order valence-electron chi connectivity index (χ2n) is 10.9. The zero-order valence-electron chi connectivity index (χ0n) is 23.2. The summed E-state index contributed by atoms with van der Waals surface area (Å²) in [5, 5.41) is 6.70. The molecule has 0 aliphatic carbocycles. The molecule has 202 valence electrons. The molecule has 0 radical (unpaired) electrons. The molecule has 0 aliphatic heterocycles. The molecule has 0 fully saturated rings. The van der Waals surface area contributed by atoms with Crippen LogP contribution in [0.25, 0.3) is 65.8 Å². The molecule has 0 saturated heterocycles. The smallest absolute Gasteiger partial charge is 0.159 e. The third kappa shape index (κ3) is 3.68. The molecular weight excluding hydrogens is 526 g/mol. The van der Waals surface area contributed by atoms with Crippen molar-refractivity contribution < 1.29 is 8.83 Å². The normalized spacial score (nSPS) is 11.7. The Hall–Kier alpha value is -5.80. The predicted molar refractivity (Wildman–Crippen MR) is 179 cm³/mol. The van der Waals surface area contributed by atoms with Crippen molar-refractivity contribution in [3.05, 3.63) is 152 Å². The van der Waals surface area contributed by atoms with Crippen LogP contribution in [-0.4, -0.2) is 0 Å². The molecule has 9 rings (SSSR count). The highest BCUT2D eigenvalue weighted by Gasteiger charge is 2.22. The first-order chi connectivity index (χ1) is 21.3. The molecule has 0 spiro atoms. The number of para-hydroxylation sites is 3. The number of benzene rings is 7. The van der Waals surface area contributed by atoms with Crippen molar-refractivity contribution in [3.63, 3.8) is 0 Å². The summed E-state index contributed by atoms with van der Waals surface area (Å²) in [6.07, 6.45) is 0. The number of furan rings is 2. The summed E-state index contributed by atoms with van der Waals surface area (Å²) in [6, 6.07) is 52.9. The van der Waals surface area contributed by atoms with Crippen LogP contribution < -0.4 is 4.90 Å². The van der Waals surface area contributed by atoms with Gasteiger partial charge in [0.2, 0.25) is 0 Å². The number of nitrogens with zero attached hydrogens (tertiary/aromatic N) is 1. The quantitative estimate of drug-likeness (QED) is 0.218. The van der Waals surface area contributed by atoms with E-state index < -0.39 is 0 Å². The first-order valence-electron chi connectivity index (χ1n) is 14.5. The van der Waals surface area contributed by atoms with Gasteiger partial charge in [-0.2, -0.15) is 0 Å². The Balaban J connectivity index is 1.33. The van der Waals surface area contributed by atoms with E-state index in [-0.39, 0.29) is 0 Å². The molecule has 0 amide bonds. The van der Waals surface area contributed by atoms with Crippen LogP contribution in [-0.2, 0) is 0 Å². The van der Waals surface area contributed by atoms with Crippen molar-refractivity contribution in [2.75, 3.05) is 4.90 Å². The lowest BCUT2D eigenvalue weighted by Crippen LogP contribution is -2.09. The largest absolute Gasteiger partial charge is 0.456 e. The maximum absolute atomic E-state index is 6.88. The van der Waals surface area contributed by atoms with E-state index in [4.69, 9.17) is 8.83 Å². The van der Waals surface area contributed by atoms with Crippen LogP contribution in [0.3, 0.4) is 0 Å². The number of fused-ring (bicyclic) bond motifs is 8. The molecule has 0 saturated carbocycles. The summed E-state index contributed by atoms with van der Waals surface area (Å²) < 4.78 is 13.2. The fraction of sp³-hybridized carbons (Fsp3) is 0. The number of hydrogen-bond donors (Lipinski definition) is 0. The van der Waals surface area contributed by atoms with Gasteiger partial charge in [-0.25, -0.2) is 0 Å². The second-order valence-corrected chi connectivity index (χ2v) is 10.9. The Morgan fingerprint density at radius 1 is 0.372 bits per heavy atom. The summed E-state index contributed by atoms with van der Waals surface area (Å²) in [6.45, 7) is 0. The molecule has 9 aromatic rings. The van der Waals surface area contributed by atoms with Gasteiger partial charge in [0.05, 0.1) is 11.4 Å². The summed E-state index contributed by atoms with van der Waals surface area (Å²) in [5.41, 5.74) is 8.90. The number of hydrogen-bond acceptors (Lipinski definition) is 3. The van der Waals surface area contributed by atoms with Crippen molar-refractivity contribution in [3.8, 4) is 11.1 Å². The van der Waals surface area contributed by atoms with Gasteiger partial charge in [-0.05, 0) is 59.0 Å². The molecule has 2 heterocycles. The van der Waals surface area contributed by atoms with E-state index in [2.05, 4.69) is 138 Å². The van der Waals surface area contributed by atoms with Crippen LogP contribution in [0.2, 0.25) is 0 Å². The molecule has 0 unspecified atom stereocenters. The Labute approximate surface area is 247 Å². The lowest BCUT2D eigenvalue weighted by atomic mass is 9.95. The molecule has 2 aromatic heterocycles. The Kier molecular flexibility index (Phi) is 5.20. The van der Waals surface area contributed by atoms with Crippen molar-refractivity contribution in [1.29, 1.82) is 0 Å². The lowest BCUT2D eigenvalue weighted by Gasteiger charge is -2.25. The highest BCUT2D eigenvalue weighted by Crippen LogP contribution is 2.46. The van der Waals surface area contributed by atoms with Crippen molar-refractivity contribution in [1.82, 2.24) is 0 Å². The van der Waals surface area contributed by atoms with Crippen LogP contribution in [0, 0.1) is 0 Å². The average molecular weight is 552 g/mol. The molecular formula is C40H25NO2. The van der Waals surface area contributed by atoms with Gasteiger partial charge in [0, 0.05) is 38.7 Å². The van der Waals surface area contributed by atoms with Crippen molar-refractivity contribution >= 4 is 71.7 Å². The van der Waals surface area contributed by atoms with Gasteiger partial charge >= 0.3 is 0 Å². The summed E-state index contributed by atoms with van der Waals surface area (Å²) in [5.74, 6) is 0. The van der Waals surface area contributed by atoms with Crippen molar-refractivity contribution in [2.24, 2.45) is 0 Å². The fourth-order valence-corrected chi connectivity index (χ4v) is 6.50. The van der Waals surface area contributed by atoms with E-state index in [1.165, 1.54) is 16.5 Å². The van der Waals surface area contributed by atoms with Crippen LogP contribution in [0.5, 0.6) is 0 Å². The molecule has 3 nitrogen and oxygen atoms in total. The minimum Gasteiger partial charge on any atom is -0.456 e. The highest BCUT2D eigenvalue weighted by atomic mass is 16.3. The molecule has 43 heavy (non-hydrogen) atoms. The SMILES string of the molecule is c1ccc(-c2cc3c4cccc(N(c5ccccc5)c5ccc6c(c5)oc5ccccc56)c4oc3c3ccccc23)cc1. The minimum atomic E-state index is 0.849. The zero-order chi connectivity index (χ0) is 28.3. The Morgan fingerprint density at radius 2 is 1.02 bits per heavy atom. The Bertz CT molecular complexity index is 2450. The van der Waals surface area contributed by atoms with Crippen molar-refractivity contribution in [2.45, 2.75) is 0 Å². The summed E-state index contributed by atoms with van der Waals surface area (Å²) in [7, 11) is 0. The van der Waals surface area contributed by atoms with Gasteiger partial charge in [0.15, 0.2) is 5.58 Å². The molecule has 0 atom stereocenters. The Morgan fingerprint density at radius 3 is 1.86 bits per heavy atom. The molecule has 0 aliphatic rings.